The highest BCUT2D eigenvalue weighted by atomic mass is 16.5. The number of nitrogens with zero attached hydrogens (tertiary/aromatic N) is 2. The molecule has 4 nitrogen and oxygen atoms in total. The summed E-state index contributed by atoms with van der Waals surface area (Å²) >= 11 is 0. The van der Waals surface area contributed by atoms with Crippen LogP contribution in [0.5, 0.6) is 0 Å². The molecule has 0 aromatic heterocycles. The third-order valence-electron chi connectivity index (χ3n) is 7.84. The Morgan fingerprint density at radius 2 is 1.63 bits per heavy atom. The first kappa shape index (κ1) is 27.6. The van der Waals surface area contributed by atoms with Gasteiger partial charge in [0.2, 0.25) is 5.69 Å². The topological polar surface area (TPSA) is 32.5 Å². The Morgan fingerprint density at radius 1 is 0.921 bits per heavy atom. The molecule has 2 aromatic rings. The van der Waals surface area contributed by atoms with Gasteiger partial charge in [0.05, 0.1) is 12.0 Å². The van der Waals surface area contributed by atoms with Gasteiger partial charge >= 0.3 is 5.97 Å². The number of allylic oxidation sites excluding steroid dienone is 6. The largest absolute Gasteiger partial charge is 0.466 e. The number of hydrogen-bond donors (Lipinski definition) is 0. The Balaban J connectivity index is 1.57. The molecule has 0 amide bonds. The molecular weight excluding hydrogens is 468 g/mol. The summed E-state index contributed by atoms with van der Waals surface area (Å²) in [7, 11) is 0. The van der Waals surface area contributed by atoms with Crippen LogP contribution >= 0.6 is 0 Å². The minimum absolute atomic E-state index is 0.0284. The molecule has 0 aliphatic carbocycles. The van der Waals surface area contributed by atoms with Crippen molar-refractivity contribution in [2.45, 2.75) is 71.6 Å². The summed E-state index contributed by atoms with van der Waals surface area (Å²) in [5, 5.41) is 0. The van der Waals surface area contributed by atoms with E-state index in [1.807, 2.05) is 6.92 Å². The van der Waals surface area contributed by atoms with Crippen LogP contribution in [0.3, 0.4) is 0 Å². The second kappa shape index (κ2) is 11.6. The molecule has 200 valence electrons. The minimum Gasteiger partial charge on any atom is -0.466 e. The summed E-state index contributed by atoms with van der Waals surface area (Å²) < 4.78 is 7.61. The Morgan fingerprint density at radius 3 is 2.37 bits per heavy atom. The second-order valence-corrected chi connectivity index (χ2v) is 11.2. The molecule has 0 fully saturated rings. The first-order valence-corrected chi connectivity index (χ1v) is 14.1. The molecule has 0 atom stereocenters. The van der Waals surface area contributed by atoms with E-state index in [0.29, 0.717) is 13.0 Å². The van der Waals surface area contributed by atoms with Gasteiger partial charge in [-0.3, -0.25) is 4.79 Å². The fourth-order valence-electron chi connectivity index (χ4n) is 5.96. The van der Waals surface area contributed by atoms with E-state index in [9.17, 15) is 4.79 Å². The van der Waals surface area contributed by atoms with Gasteiger partial charge in [0.1, 0.15) is 6.54 Å². The first-order valence-electron chi connectivity index (χ1n) is 14.1. The predicted octanol–water partition coefficient (Wildman–Crippen LogP) is 7.61. The van der Waals surface area contributed by atoms with Gasteiger partial charge in [0, 0.05) is 53.9 Å². The van der Waals surface area contributed by atoms with Gasteiger partial charge in [0.25, 0.3) is 0 Å². The highest BCUT2D eigenvalue weighted by molar-refractivity contribution is 6.03. The minimum atomic E-state index is -0.124. The zero-order valence-corrected chi connectivity index (χ0v) is 24.0. The molecule has 0 bridgehead atoms. The average molecular weight is 512 g/mol. The van der Waals surface area contributed by atoms with Crippen LogP contribution in [0.4, 0.5) is 11.4 Å². The van der Waals surface area contributed by atoms with Gasteiger partial charge in [-0.05, 0) is 44.9 Å². The molecule has 0 unspecified atom stereocenters. The lowest BCUT2D eigenvalue weighted by Crippen LogP contribution is -2.27. The molecular formula is C34H43N2O2+. The number of rotatable bonds is 10. The third kappa shape index (κ3) is 5.27. The number of benzene rings is 2. The molecule has 38 heavy (non-hydrogen) atoms. The summed E-state index contributed by atoms with van der Waals surface area (Å²) in [5.74, 6) is -0.124. The van der Waals surface area contributed by atoms with Crippen molar-refractivity contribution >= 4 is 23.1 Å². The lowest BCUT2D eigenvalue weighted by molar-refractivity contribution is -0.437. The van der Waals surface area contributed by atoms with Gasteiger partial charge in [-0.2, -0.15) is 4.58 Å². The molecule has 4 heteroatoms. The van der Waals surface area contributed by atoms with Gasteiger partial charge in [0.15, 0.2) is 5.71 Å². The maximum Gasteiger partial charge on any atom is 0.305 e. The van der Waals surface area contributed by atoms with E-state index in [-0.39, 0.29) is 16.8 Å². The van der Waals surface area contributed by atoms with E-state index in [0.717, 1.165) is 25.9 Å². The van der Waals surface area contributed by atoms with Crippen LogP contribution in [0.2, 0.25) is 0 Å². The highest BCUT2D eigenvalue weighted by Gasteiger charge is 2.43. The van der Waals surface area contributed by atoms with E-state index < -0.39 is 0 Å². The van der Waals surface area contributed by atoms with Gasteiger partial charge < -0.3 is 9.64 Å². The second-order valence-electron chi connectivity index (χ2n) is 11.2. The van der Waals surface area contributed by atoms with Crippen LogP contribution in [-0.2, 0) is 20.4 Å². The Hall–Kier alpha value is -3.40. The van der Waals surface area contributed by atoms with Crippen LogP contribution in [0.1, 0.15) is 71.9 Å². The number of anilines is 1. The van der Waals surface area contributed by atoms with Crippen molar-refractivity contribution in [1.29, 1.82) is 0 Å². The quantitative estimate of drug-likeness (QED) is 0.187. The lowest BCUT2D eigenvalue weighted by Gasteiger charge is -2.27. The summed E-state index contributed by atoms with van der Waals surface area (Å²) in [6, 6.07) is 17.4. The third-order valence-corrected chi connectivity index (χ3v) is 7.84. The van der Waals surface area contributed by atoms with Crippen molar-refractivity contribution in [3.8, 4) is 0 Å². The van der Waals surface area contributed by atoms with Crippen molar-refractivity contribution in [2.24, 2.45) is 0 Å². The standard InChI is InChI=1S/C34H43N2O2/c1-7-24-35-28-19-14-12-17-26(28)33(3,4)30(35)21-10-9-11-22-31-34(5,6)27-18-13-15-20-29(27)36(31)25-16-23-32(37)38-8-2/h9-15,17-22H,7-8,16,23-25H2,1-6H3/q+1. The van der Waals surface area contributed by atoms with Crippen molar-refractivity contribution in [3.05, 3.63) is 95.7 Å². The molecule has 2 aliphatic rings. The van der Waals surface area contributed by atoms with E-state index in [1.54, 1.807) is 0 Å². The molecule has 0 saturated carbocycles. The van der Waals surface area contributed by atoms with E-state index >= 15 is 0 Å². The molecule has 0 N–H and O–H groups in total. The molecule has 0 saturated heterocycles. The maximum atomic E-state index is 11.9. The zero-order valence-electron chi connectivity index (χ0n) is 24.0. The lowest BCUT2D eigenvalue weighted by atomic mass is 9.81. The number of hydrogen-bond acceptors (Lipinski definition) is 3. The van der Waals surface area contributed by atoms with Crippen molar-refractivity contribution in [3.63, 3.8) is 0 Å². The fraction of sp³-hybridized carbons (Fsp3) is 0.412. The Labute approximate surface area is 229 Å². The highest BCUT2D eigenvalue weighted by Crippen LogP contribution is 2.47. The summed E-state index contributed by atoms with van der Waals surface area (Å²) in [6.45, 7) is 15.5. The molecule has 0 radical (unpaired) electrons. The average Bonchev–Trinajstić information content (AvgIpc) is 3.24. The number of carbonyl (C=O) groups is 1. The van der Waals surface area contributed by atoms with Crippen LogP contribution in [-0.4, -0.2) is 36.0 Å². The molecule has 2 aromatic carbocycles. The van der Waals surface area contributed by atoms with Crippen LogP contribution in [0.25, 0.3) is 0 Å². The van der Waals surface area contributed by atoms with Crippen LogP contribution < -0.4 is 4.90 Å². The van der Waals surface area contributed by atoms with Gasteiger partial charge in [-0.15, -0.1) is 0 Å². The monoisotopic (exact) mass is 511 g/mol. The van der Waals surface area contributed by atoms with E-state index in [2.05, 4.69) is 123 Å². The van der Waals surface area contributed by atoms with Gasteiger partial charge in [-0.1, -0.05) is 75.4 Å². The van der Waals surface area contributed by atoms with E-state index in [4.69, 9.17) is 4.74 Å². The number of ether oxygens (including phenoxy) is 1. The van der Waals surface area contributed by atoms with Crippen LogP contribution in [0, 0.1) is 0 Å². The van der Waals surface area contributed by atoms with E-state index in [1.165, 1.54) is 33.9 Å². The number of carbonyl (C=O) groups excluding carboxylic acids is 1. The zero-order chi connectivity index (χ0) is 27.3. The first-order chi connectivity index (χ1) is 18.2. The summed E-state index contributed by atoms with van der Waals surface area (Å²) in [6.07, 6.45) is 13.3. The molecule has 0 spiro atoms. The number of para-hydroxylation sites is 2. The summed E-state index contributed by atoms with van der Waals surface area (Å²) in [5.41, 5.74) is 7.72. The smallest absolute Gasteiger partial charge is 0.305 e. The molecule has 2 heterocycles. The van der Waals surface area contributed by atoms with Crippen LogP contribution in [0.15, 0.2) is 84.6 Å². The Bertz CT molecular complexity index is 1290. The number of fused-ring (bicyclic) bond motifs is 2. The van der Waals surface area contributed by atoms with Gasteiger partial charge in [-0.25, -0.2) is 0 Å². The predicted molar refractivity (Wildman–Crippen MR) is 159 cm³/mol. The summed E-state index contributed by atoms with van der Waals surface area (Å²) in [4.78, 5) is 14.3. The number of esters is 1. The molecule has 4 rings (SSSR count). The Kier molecular flexibility index (Phi) is 8.40. The molecule has 2 aliphatic heterocycles. The van der Waals surface area contributed by atoms with Crippen molar-refractivity contribution in [2.75, 3.05) is 24.6 Å². The normalized spacial score (nSPS) is 18.6. The SMILES string of the molecule is CCC[N+]1=C(/C=C/C=C/C=C2/N(CCCC(=O)OCC)c3ccccc3C2(C)C)C(C)(C)c2ccccc21. The fourth-order valence-corrected chi connectivity index (χ4v) is 5.96. The van der Waals surface area contributed by atoms with Crippen molar-refractivity contribution < 1.29 is 14.1 Å². The van der Waals surface area contributed by atoms with Crippen molar-refractivity contribution in [1.82, 2.24) is 0 Å². The maximum absolute atomic E-state index is 11.9.